The van der Waals surface area contributed by atoms with E-state index in [1.807, 2.05) is 0 Å². The van der Waals surface area contributed by atoms with Gasteiger partial charge < -0.3 is 50.5 Å². The summed E-state index contributed by atoms with van der Waals surface area (Å²) in [6.45, 7) is 3.47. The van der Waals surface area contributed by atoms with E-state index in [4.69, 9.17) is 9.47 Å². The van der Waals surface area contributed by atoms with Crippen LogP contribution in [0.1, 0.15) is 284 Å². The number of hydrogen-bond donors (Lipinski definition) is 8. The average Bonchev–Trinajstić information content (AvgIpc) is 3.39. The molecule has 430 valence electrons. The highest BCUT2D eigenvalue weighted by Crippen LogP contribution is 2.23. The number of carbonyl (C=O) groups is 1. The molecule has 0 aromatic carbocycles. The van der Waals surface area contributed by atoms with Gasteiger partial charge in [-0.3, -0.25) is 4.79 Å². The number of nitrogens with one attached hydrogen (secondary N) is 1. The molecule has 1 fully saturated rings. The second-order valence-corrected chi connectivity index (χ2v) is 21.8. The van der Waals surface area contributed by atoms with E-state index < -0.39 is 74.2 Å². The summed E-state index contributed by atoms with van der Waals surface area (Å²) in [7, 11) is 0. The van der Waals surface area contributed by atoms with Gasteiger partial charge in [0.05, 0.1) is 25.4 Å². The fourth-order valence-corrected chi connectivity index (χ4v) is 9.87. The molecule has 1 aliphatic rings. The van der Waals surface area contributed by atoms with E-state index in [0.29, 0.717) is 19.3 Å². The van der Waals surface area contributed by atoms with Crippen LogP contribution in [0, 0.1) is 0 Å². The van der Waals surface area contributed by atoms with Crippen LogP contribution < -0.4 is 5.32 Å². The van der Waals surface area contributed by atoms with E-state index in [2.05, 4.69) is 55.6 Å². The van der Waals surface area contributed by atoms with Gasteiger partial charge in [-0.15, -0.1) is 0 Å². The van der Waals surface area contributed by atoms with Gasteiger partial charge in [-0.1, -0.05) is 243 Å². The normalized spacial score (nSPS) is 20.2. The van der Waals surface area contributed by atoms with Crippen molar-refractivity contribution >= 4 is 5.91 Å². The molecule has 0 spiro atoms. The van der Waals surface area contributed by atoms with Crippen molar-refractivity contribution in [3.8, 4) is 0 Å². The van der Waals surface area contributed by atoms with Gasteiger partial charge in [0.1, 0.15) is 36.6 Å². The highest BCUT2D eigenvalue weighted by atomic mass is 16.7. The number of amides is 1. The Bertz CT molecular complexity index is 1280. The molecule has 1 saturated heterocycles. The number of rotatable bonds is 53. The lowest BCUT2D eigenvalue weighted by atomic mass is 9.98. The molecule has 0 radical (unpaired) electrons. The van der Waals surface area contributed by atoms with Gasteiger partial charge in [0.15, 0.2) is 6.29 Å². The number of ether oxygens (including phenoxy) is 2. The van der Waals surface area contributed by atoms with E-state index in [1.54, 1.807) is 0 Å². The minimum Gasteiger partial charge on any atom is -0.394 e. The SMILES string of the molecule is CCCCCCCCCCCC/C=C\CCCCCCCCC(O)C(=O)NC(COC1OC(CO)C(O)C(O)C1O)C(O)C(O)CCC/C=C/CC/C=C/CCCCCCCCCCCCCCCCCCC. The molecular weight excluding hydrogens is 919 g/mol. The van der Waals surface area contributed by atoms with Gasteiger partial charge in [-0.2, -0.15) is 0 Å². The molecule has 0 aromatic rings. The summed E-state index contributed by atoms with van der Waals surface area (Å²) in [5.41, 5.74) is 0. The van der Waals surface area contributed by atoms with Crippen LogP contribution in [0.15, 0.2) is 36.5 Å². The van der Waals surface area contributed by atoms with Crippen molar-refractivity contribution in [1.82, 2.24) is 5.32 Å². The van der Waals surface area contributed by atoms with Gasteiger partial charge in [0.25, 0.3) is 0 Å². The van der Waals surface area contributed by atoms with Crippen molar-refractivity contribution < 1.29 is 50.0 Å². The van der Waals surface area contributed by atoms with Gasteiger partial charge in [-0.25, -0.2) is 0 Å². The smallest absolute Gasteiger partial charge is 0.249 e. The van der Waals surface area contributed by atoms with Crippen LogP contribution >= 0.6 is 0 Å². The Labute approximate surface area is 447 Å². The molecule has 0 saturated carbocycles. The Hall–Kier alpha value is -1.67. The highest BCUT2D eigenvalue weighted by molar-refractivity contribution is 5.80. The Morgan fingerprint density at radius 2 is 0.822 bits per heavy atom. The molecule has 0 aliphatic carbocycles. The summed E-state index contributed by atoms with van der Waals surface area (Å²) in [6.07, 6.45) is 52.1. The summed E-state index contributed by atoms with van der Waals surface area (Å²) in [4.78, 5) is 13.2. The largest absolute Gasteiger partial charge is 0.394 e. The molecule has 11 heteroatoms. The first-order valence-corrected chi connectivity index (χ1v) is 30.9. The van der Waals surface area contributed by atoms with E-state index in [-0.39, 0.29) is 12.8 Å². The lowest BCUT2D eigenvalue weighted by Crippen LogP contribution is -2.60. The maximum Gasteiger partial charge on any atom is 0.249 e. The molecule has 11 nitrogen and oxygen atoms in total. The minimum absolute atomic E-state index is 0.244. The number of unbranched alkanes of at least 4 members (excludes halogenated alkanes) is 35. The fourth-order valence-electron chi connectivity index (χ4n) is 9.87. The summed E-state index contributed by atoms with van der Waals surface area (Å²) in [5, 5.41) is 76.2. The van der Waals surface area contributed by atoms with Crippen LogP contribution in [0.25, 0.3) is 0 Å². The molecule has 9 atom stereocenters. The Morgan fingerprint density at radius 3 is 1.22 bits per heavy atom. The van der Waals surface area contributed by atoms with Crippen molar-refractivity contribution in [2.75, 3.05) is 13.2 Å². The molecule has 1 rings (SSSR count). The second kappa shape index (κ2) is 51.1. The van der Waals surface area contributed by atoms with E-state index in [0.717, 1.165) is 57.8 Å². The van der Waals surface area contributed by atoms with E-state index in [1.165, 1.54) is 180 Å². The summed E-state index contributed by atoms with van der Waals surface area (Å²) in [5.74, 6) is -0.713. The Morgan fingerprint density at radius 1 is 0.466 bits per heavy atom. The Balaban J connectivity index is 2.31. The summed E-state index contributed by atoms with van der Waals surface area (Å²) < 4.78 is 11.1. The third-order valence-electron chi connectivity index (χ3n) is 14.9. The number of allylic oxidation sites excluding steroid dienone is 6. The maximum absolute atomic E-state index is 13.2. The van der Waals surface area contributed by atoms with Gasteiger partial charge in [0, 0.05) is 0 Å². The maximum atomic E-state index is 13.2. The zero-order valence-electron chi connectivity index (χ0n) is 47.1. The quantitative estimate of drug-likeness (QED) is 0.0215. The Kier molecular flexibility index (Phi) is 48.5. The van der Waals surface area contributed by atoms with E-state index in [9.17, 15) is 40.5 Å². The highest BCUT2D eigenvalue weighted by Gasteiger charge is 2.44. The molecule has 73 heavy (non-hydrogen) atoms. The van der Waals surface area contributed by atoms with Gasteiger partial charge >= 0.3 is 0 Å². The van der Waals surface area contributed by atoms with E-state index >= 15 is 0 Å². The van der Waals surface area contributed by atoms with Crippen molar-refractivity contribution in [3.05, 3.63) is 36.5 Å². The van der Waals surface area contributed by atoms with Crippen molar-refractivity contribution in [2.45, 2.75) is 339 Å². The molecule has 1 amide bonds. The summed E-state index contributed by atoms with van der Waals surface area (Å²) >= 11 is 0. The molecule has 1 aliphatic heterocycles. The van der Waals surface area contributed by atoms with Crippen LogP contribution in [0.3, 0.4) is 0 Å². The number of aliphatic hydroxyl groups excluding tert-OH is 7. The lowest BCUT2D eigenvalue weighted by Gasteiger charge is -2.40. The standard InChI is InChI=1S/C62H117NO10/c1-3-5-7-9-11-13-15-17-19-21-23-25-26-27-28-29-30-32-33-35-37-39-41-43-45-47-49-54(65)57(67)53(52-72-62-60(70)59(69)58(68)56(51-64)73-62)63-61(71)55(66)50-48-46-44-42-40-38-36-34-31-24-22-20-18-16-14-12-10-8-6-4-2/h31,33-35,41,43,53-60,62,64-70H,3-30,32,36-40,42,44-52H2,1-2H3,(H,63,71)/b34-31-,35-33+,43-41+. The first-order chi connectivity index (χ1) is 35.7. The molecule has 9 unspecified atom stereocenters. The number of aliphatic hydroxyl groups is 7. The minimum atomic E-state index is -1.67. The average molecular weight is 1040 g/mol. The lowest BCUT2D eigenvalue weighted by molar-refractivity contribution is -0.303. The predicted octanol–water partition coefficient (Wildman–Crippen LogP) is 13.5. The number of hydrogen-bond acceptors (Lipinski definition) is 10. The molecule has 1 heterocycles. The van der Waals surface area contributed by atoms with Crippen LogP contribution in [0.4, 0.5) is 0 Å². The zero-order valence-corrected chi connectivity index (χ0v) is 47.1. The van der Waals surface area contributed by atoms with Crippen molar-refractivity contribution in [2.24, 2.45) is 0 Å². The third-order valence-corrected chi connectivity index (χ3v) is 14.9. The zero-order chi connectivity index (χ0) is 53.3. The van der Waals surface area contributed by atoms with Crippen LogP contribution in [-0.2, 0) is 14.3 Å². The van der Waals surface area contributed by atoms with Gasteiger partial charge in [-0.05, 0) is 77.0 Å². The summed E-state index contributed by atoms with van der Waals surface area (Å²) in [6, 6.07) is -1.19. The van der Waals surface area contributed by atoms with Crippen LogP contribution in [0.2, 0.25) is 0 Å². The molecule has 0 aromatic heterocycles. The second-order valence-electron chi connectivity index (χ2n) is 21.8. The predicted molar refractivity (Wildman–Crippen MR) is 302 cm³/mol. The monoisotopic (exact) mass is 1040 g/mol. The van der Waals surface area contributed by atoms with Crippen molar-refractivity contribution in [3.63, 3.8) is 0 Å². The van der Waals surface area contributed by atoms with Gasteiger partial charge in [0.2, 0.25) is 5.91 Å². The number of carbonyl (C=O) groups excluding carboxylic acids is 1. The topological polar surface area (TPSA) is 189 Å². The first-order valence-electron chi connectivity index (χ1n) is 30.9. The van der Waals surface area contributed by atoms with Crippen LogP contribution in [0.5, 0.6) is 0 Å². The molecular formula is C62H117NO10. The van der Waals surface area contributed by atoms with Crippen LogP contribution in [-0.4, -0.2) is 110 Å². The first kappa shape index (κ1) is 69.3. The van der Waals surface area contributed by atoms with Crippen molar-refractivity contribution in [1.29, 1.82) is 0 Å². The fraction of sp³-hybridized carbons (Fsp3) is 0.887. The third kappa shape index (κ3) is 39.4. The molecule has 8 N–H and O–H groups in total. The molecule has 0 bridgehead atoms.